The molecule has 0 saturated carbocycles. The molecule has 0 unspecified atom stereocenters. The van der Waals surface area contributed by atoms with Crippen LogP contribution in [0.4, 0.5) is 0 Å². The van der Waals surface area contributed by atoms with Crippen LogP contribution >= 0.6 is 0 Å². The van der Waals surface area contributed by atoms with Crippen molar-refractivity contribution in [2.75, 3.05) is 52.9 Å². The Morgan fingerprint density at radius 3 is 2.30 bits per heavy atom. The van der Waals surface area contributed by atoms with Crippen molar-refractivity contribution in [3.63, 3.8) is 0 Å². The Morgan fingerprint density at radius 2 is 1.70 bits per heavy atom. The van der Waals surface area contributed by atoms with Gasteiger partial charge in [-0.25, -0.2) is 0 Å². The summed E-state index contributed by atoms with van der Waals surface area (Å²) in [5.74, 6) is 0.990. The van der Waals surface area contributed by atoms with Crippen LogP contribution in [0.2, 0.25) is 0 Å². The van der Waals surface area contributed by atoms with E-state index in [0.717, 1.165) is 32.0 Å². The van der Waals surface area contributed by atoms with E-state index in [1.165, 1.54) is 58.3 Å². The maximum atomic E-state index is 4.98. The van der Waals surface area contributed by atoms with Gasteiger partial charge in [-0.1, -0.05) is 13.3 Å². The summed E-state index contributed by atoms with van der Waals surface area (Å²) < 4.78 is 0. The largest absolute Gasteiger partial charge is 0.357 e. The number of hydrogen-bond acceptors (Lipinski definition) is 3. The fourth-order valence-corrected chi connectivity index (χ4v) is 3.79. The molecule has 0 aliphatic carbocycles. The lowest BCUT2D eigenvalue weighted by Crippen LogP contribution is -2.58. The van der Waals surface area contributed by atoms with E-state index in [1.54, 1.807) is 0 Å². The minimum Gasteiger partial charge on any atom is -0.357 e. The topological polar surface area (TPSA) is 42.9 Å². The van der Waals surface area contributed by atoms with Crippen molar-refractivity contribution in [3.05, 3.63) is 0 Å². The Balaban J connectivity index is 2.06. The van der Waals surface area contributed by atoms with Crippen molar-refractivity contribution in [1.82, 2.24) is 20.4 Å². The highest BCUT2D eigenvalue weighted by Crippen LogP contribution is 2.31. The van der Waals surface area contributed by atoms with Crippen molar-refractivity contribution >= 4 is 5.96 Å². The Labute approximate surface area is 142 Å². The normalized spacial score (nSPS) is 23.7. The lowest BCUT2D eigenvalue weighted by molar-refractivity contribution is 0.0208. The second-order valence-electron chi connectivity index (χ2n) is 7.20. The van der Waals surface area contributed by atoms with Crippen LogP contribution in [0.5, 0.6) is 0 Å². The van der Waals surface area contributed by atoms with E-state index >= 15 is 0 Å². The first kappa shape index (κ1) is 18.5. The van der Waals surface area contributed by atoms with E-state index in [2.05, 4.69) is 41.3 Å². The van der Waals surface area contributed by atoms with Crippen LogP contribution in [0.25, 0.3) is 0 Å². The molecule has 2 N–H and O–H groups in total. The molecule has 2 saturated heterocycles. The van der Waals surface area contributed by atoms with Crippen LogP contribution in [-0.2, 0) is 0 Å². The highest BCUT2D eigenvalue weighted by Gasteiger charge is 2.39. The molecule has 0 aromatic carbocycles. The van der Waals surface area contributed by atoms with E-state index in [-0.39, 0.29) is 5.54 Å². The molecule has 0 atom stereocenters. The third-order valence-corrected chi connectivity index (χ3v) is 5.36. The molecule has 2 aliphatic rings. The average Bonchev–Trinajstić information content (AvgIpc) is 2.60. The molecule has 0 amide bonds. The van der Waals surface area contributed by atoms with Crippen LogP contribution in [-0.4, -0.2) is 74.2 Å². The minimum atomic E-state index is 0.279. The van der Waals surface area contributed by atoms with E-state index < -0.39 is 0 Å². The monoisotopic (exact) mass is 323 g/mol. The van der Waals surface area contributed by atoms with Crippen LogP contribution in [0.1, 0.15) is 52.4 Å². The third-order valence-electron chi connectivity index (χ3n) is 5.36. The number of aliphatic imine (C=N–C) groups is 1. The fourth-order valence-electron chi connectivity index (χ4n) is 3.79. The number of rotatable bonds is 6. The zero-order valence-electron chi connectivity index (χ0n) is 15.5. The number of guanidine groups is 1. The Hall–Kier alpha value is -0.810. The van der Waals surface area contributed by atoms with Crippen molar-refractivity contribution in [2.45, 2.75) is 57.9 Å². The molecule has 134 valence electrons. The highest BCUT2D eigenvalue weighted by molar-refractivity contribution is 5.79. The average molecular weight is 324 g/mol. The van der Waals surface area contributed by atoms with Gasteiger partial charge in [0.1, 0.15) is 0 Å². The summed E-state index contributed by atoms with van der Waals surface area (Å²) in [5.41, 5.74) is 0.279. The second kappa shape index (κ2) is 9.48. The van der Waals surface area contributed by atoms with Crippen LogP contribution in [0, 0.1) is 0 Å². The lowest BCUT2D eigenvalue weighted by Gasteiger charge is -2.49. The highest BCUT2D eigenvalue weighted by atomic mass is 15.3. The van der Waals surface area contributed by atoms with E-state index in [4.69, 9.17) is 4.99 Å². The summed E-state index contributed by atoms with van der Waals surface area (Å²) >= 11 is 0. The van der Waals surface area contributed by atoms with Crippen molar-refractivity contribution in [2.24, 2.45) is 4.99 Å². The van der Waals surface area contributed by atoms with Crippen molar-refractivity contribution in [3.8, 4) is 0 Å². The molecule has 0 spiro atoms. The van der Waals surface area contributed by atoms with E-state index in [9.17, 15) is 0 Å². The fraction of sp³-hybridized carbons (Fsp3) is 0.944. The van der Waals surface area contributed by atoms with Crippen LogP contribution in [0.15, 0.2) is 4.99 Å². The molecular formula is C18H37N5. The Bertz CT molecular complexity index is 354. The zero-order chi connectivity index (χ0) is 16.5. The number of piperidine rings is 2. The summed E-state index contributed by atoms with van der Waals surface area (Å²) in [5, 5.41) is 6.84. The van der Waals surface area contributed by atoms with Gasteiger partial charge in [0.2, 0.25) is 0 Å². The molecular weight excluding hydrogens is 286 g/mol. The molecule has 0 radical (unpaired) electrons. The van der Waals surface area contributed by atoms with Crippen molar-refractivity contribution < 1.29 is 0 Å². The first-order chi connectivity index (χ1) is 11.2. The quantitative estimate of drug-likeness (QED) is 0.579. The number of hydrogen-bond donors (Lipinski definition) is 2. The molecule has 23 heavy (non-hydrogen) atoms. The molecule has 2 aliphatic heterocycles. The molecule has 2 heterocycles. The molecule has 0 aromatic rings. The van der Waals surface area contributed by atoms with Gasteiger partial charge in [-0.3, -0.25) is 9.89 Å². The summed E-state index contributed by atoms with van der Waals surface area (Å²) in [7, 11) is 2.25. The Morgan fingerprint density at radius 1 is 1.00 bits per heavy atom. The zero-order valence-corrected chi connectivity index (χ0v) is 15.5. The van der Waals surface area contributed by atoms with E-state index in [0.29, 0.717) is 0 Å². The maximum Gasteiger partial charge on any atom is 0.191 e. The summed E-state index contributed by atoms with van der Waals surface area (Å²) in [6.45, 7) is 12.1. The molecule has 0 aromatic heterocycles. The minimum absolute atomic E-state index is 0.279. The second-order valence-corrected chi connectivity index (χ2v) is 7.20. The Kier molecular flexibility index (Phi) is 7.63. The summed E-state index contributed by atoms with van der Waals surface area (Å²) in [6.07, 6.45) is 7.74. The number of likely N-dealkylation sites (tertiary alicyclic amines) is 2. The molecule has 2 rings (SSSR count). The van der Waals surface area contributed by atoms with Gasteiger partial charge in [0.05, 0.1) is 6.54 Å². The standard InChI is InChI=1S/C18H37N5/c1-4-11-20-17(19-5-2)21-16-18(9-14-22(3)15-10-18)23-12-7-6-8-13-23/h4-16H2,1-3H3,(H2,19,20,21). The molecule has 5 heteroatoms. The summed E-state index contributed by atoms with van der Waals surface area (Å²) in [6, 6.07) is 0. The van der Waals surface area contributed by atoms with E-state index in [1.807, 2.05) is 0 Å². The van der Waals surface area contributed by atoms with Gasteiger partial charge in [-0.2, -0.15) is 0 Å². The smallest absolute Gasteiger partial charge is 0.191 e. The van der Waals surface area contributed by atoms with Gasteiger partial charge in [0.25, 0.3) is 0 Å². The number of nitrogens with one attached hydrogen (secondary N) is 2. The van der Waals surface area contributed by atoms with Gasteiger partial charge in [0, 0.05) is 18.6 Å². The van der Waals surface area contributed by atoms with Gasteiger partial charge in [-0.15, -0.1) is 0 Å². The van der Waals surface area contributed by atoms with Gasteiger partial charge in [-0.05, 0) is 72.3 Å². The predicted molar refractivity (Wildman–Crippen MR) is 99.2 cm³/mol. The number of nitrogens with zero attached hydrogens (tertiary/aromatic N) is 3. The predicted octanol–water partition coefficient (Wildman–Crippen LogP) is 1.90. The SMILES string of the molecule is CCCNC(=NCC1(N2CCCCC2)CCN(C)CC1)NCC. The first-order valence-corrected chi connectivity index (χ1v) is 9.66. The van der Waals surface area contributed by atoms with Gasteiger partial charge in [0.15, 0.2) is 5.96 Å². The van der Waals surface area contributed by atoms with Crippen LogP contribution < -0.4 is 10.6 Å². The van der Waals surface area contributed by atoms with Crippen LogP contribution in [0.3, 0.4) is 0 Å². The summed E-state index contributed by atoms with van der Waals surface area (Å²) in [4.78, 5) is 10.2. The first-order valence-electron chi connectivity index (χ1n) is 9.66. The molecule has 5 nitrogen and oxygen atoms in total. The van der Waals surface area contributed by atoms with Gasteiger partial charge < -0.3 is 15.5 Å². The van der Waals surface area contributed by atoms with Gasteiger partial charge >= 0.3 is 0 Å². The van der Waals surface area contributed by atoms with Crippen molar-refractivity contribution in [1.29, 1.82) is 0 Å². The lowest BCUT2D eigenvalue weighted by atomic mass is 9.84. The molecule has 0 bridgehead atoms. The third kappa shape index (κ3) is 5.35. The molecule has 2 fully saturated rings. The maximum absolute atomic E-state index is 4.98.